The van der Waals surface area contributed by atoms with Gasteiger partial charge in [0.25, 0.3) is 0 Å². The molecule has 0 aromatic carbocycles. The molecule has 0 spiro atoms. The predicted molar refractivity (Wildman–Crippen MR) is 95.0 cm³/mol. The standard InChI is InChI=1S/C14H36N2O4Si2/c1-7-11-14(15)22(19-8-2,20-9-3)16-12-10-13-21(6,17-4)18-5/h14,16H,7-13,15H2,1-6H3. The third-order valence-electron chi connectivity index (χ3n) is 3.85. The smallest absolute Gasteiger partial charge is 0.398 e. The van der Waals surface area contributed by atoms with Crippen LogP contribution in [0.4, 0.5) is 0 Å². The summed E-state index contributed by atoms with van der Waals surface area (Å²) in [5.41, 5.74) is 6.30. The van der Waals surface area contributed by atoms with Gasteiger partial charge in [-0.2, -0.15) is 0 Å². The monoisotopic (exact) mass is 352 g/mol. The van der Waals surface area contributed by atoms with Crippen LogP contribution < -0.4 is 10.7 Å². The highest BCUT2D eigenvalue weighted by molar-refractivity contribution is 6.67. The summed E-state index contributed by atoms with van der Waals surface area (Å²) < 4.78 is 23.0. The summed E-state index contributed by atoms with van der Waals surface area (Å²) in [6, 6.07) is 0.929. The molecule has 0 bridgehead atoms. The lowest BCUT2D eigenvalue weighted by atomic mass is 10.3. The fourth-order valence-corrected chi connectivity index (χ4v) is 6.80. The molecule has 0 saturated heterocycles. The van der Waals surface area contributed by atoms with Crippen molar-refractivity contribution >= 4 is 17.3 Å². The first-order valence-electron chi connectivity index (χ1n) is 8.32. The normalized spacial score (nSPS) is 14.3. The molecular formula is C14H36N2O4Si2. The lowest BCUT2D eigenvalue weighted by Crippen LogP contribution is -2.68. The van der Waals surface area contributed by atoms with Crippen molar-refractivity contribution in [1.82, 2.24) is 4.98 Å². The number of nitrogens with one attached hydrogen (secondary N) is 1. The van der Waals surface area contributed by atoms with E-state index in [0.29, 0.717) is 13.2 Å². The molecule has 0 aliphatic heterocycles. The molecule has 6 nitrogen and oxygen atoms in total. The van der Waals surface area contributed by atoms with Gasteiger partial charge in [0.15, 0.2) is 0 Å². The molecule has 3 N–H and O–H groups in total. The van der Waals surface area contributed by atoms with Crippen LogP contribution in [0.1, 0.15) is 40.0 Å². The zero-order chi connectivity index (χ0) is 17.1. The number of nitrogens with two attached hydrogens (primary N) is 1. The third kappa shape index (κ3) is 7.18. The Bertz CT molecular complexity index is 276. The Hall–Kier alpha value is 0.194. The fraction of sp³-hybridized carbons (Fsp3) is 1.00. The van der Waals surface area contributed by atoms with Gasteiger partial charge in [-0.3, -0.25) is 4.98 Å². The van der Waals surface area contributed by atoms with Gasteiger partial charge in [0.1, 0.15) is 0 Å². The van der Waals surface area contributed by atoms with Crippen LogP contribution in [-0.4, -0.2) is 56.9 Å². The van der Waals surface area contributed by atoms with Crippen LogP contribution in [0.3, 0.4) is 0 Å². The van der Waals surface area contributed by atoms with E-state index in [1.165, 1.54) is 0 Å². The first-order valence-corrected chi connectivity index (χ1v) is 12.7. The van der Waals surface area contributed by atoms with Crippen LogP contribution in [0.5, 0.6) is 0 Å². The van der Waals surface area contributed by atoms with Crippen molar-refractivity contribution < 1.29 is 17.7 Å². The minimum absolute atomic E-state index is 0.0640. The maximum absolute atomic E-state index is 6.36. The van der Waals surface area contributed by atoms with Crippen molar-refractivity contribution in [3.05, 3.63) is 0 Å². The van der Waals surface area contributed by atoms with E-state index < -0.39 is 17.3 Å². The average Bonchev–Trinajstić information content (AvgIpc) is 2.51. The Kier molecular flexibility index (Phi) is 11.8. The van der Waals surface area contributed by atoms with Crippen LogP contribution in [0.15, 0.2) is 0 Å². The van der Waals surface area contributed by atoms with Crippen molar-refractivity contribution in [1.29, 1.82) is 0 Å². The second kappa shape index (κ2) is 11.7. The quantitative estimate of drug-likeness (QED) is 0.368. The molecule has 1 atom stereocenters. The largest absolute Gasteiger partial charge is 0.442 e. The zero-order valence-corrected chi connectivity index (χ0v) is 17.2. The molecule has 0 radical (unpaired) electrons. The van der Waals surface area contributed by atoms with E-state index in [0.717, 1.165) is 31.9 Å². The highest BCUT2D eigenvalue weighted by Crippen LogP contribution is 2.16. The van der Waals surface area contributed by atoms with Crippen molar-refractivity contribution in [3.8, 4) is 0 Å². The Morgan fingerprint density at radius 2 is 1.59 bits per heavy atom. The van der Waals surface area contributed by atoms with E-state index in [1.54, 1.807) is 14.2 Å². The average molecular weight is 353 g/mol. The summed E-state index contributed by atoms with van der Waals surface area (Å²) in [6.07, 6.45) is 2.88. The van der Waals surface area contributed by atoms with Crippen LogP contribution in [-0.2, 0) is 17.7 Å². The van der Waals surface area contributed by atoms with E-state index >= 15 is 0 Å². The van der Waals surface area contributed by atoms with Crippen molar-refractivity contribution in [3.63, 3.8) is 0 Å². The fourth-order valence-electron chi connectivity index (χ4n) is 2.38. The van der Waals surface area contributed by atoms with Gasteiger partial charge in [-0.05, 0) is 45.8 Å². The van der Waals surface area contributed by atoms with Gasteiger partial charge in [0, 0.05) is 27.4 Å². The second-order valence-electron chi connectivity index (χ2n) is 5.50. The topological polar surface area (TPSA) is 75.0 Å². The lowest BCUT2D eigenvalue weighted by molar-refractivity contribution is 0.159. The first kappa shape index (κ1) is 22.2. The van der Waals surface area contributed by atoms with Gasteiger partial charge in [0.2, 0.25) is 0 Å². The van der Waals surface area contributed by atoms with E-state index in [2.05, 4.69) is 18.5 Å². The van der Waals surface area contributed by atoms with E-state index in [9.17, 15) is 0 Å². The summed E-state index contributed by atoms with van der Waals surface area (Å²) in [5, 5.41) is 0. The van der Waals surface area contributed by atoms with Crippen LogP contribution in [0.2, 0.25) is 12.6 Å². The van der Waals surface area contributed by atoms with Gasteiger partial charge in [0.05, 0.1) is 5.67 Å². The molecule has 0 fully saturated rings. The van der Waals surface area contributed by atoms with Crippen LogP contribution in [0, 0.1) is 0 Å². The number of hydrogen-bond donors (Lipinski definition) is 2. The first-order chi connectivity index (χ1) is 10.4. The van der Waals surface area contributed by atoms with E-state index in [-0.39, 0.29) is 5.67 Å². The molecule has 22 heavy (non-hydrogen) atoms. The SMILES string of the molecule is CCCC(N)[Si](NCCC[Si](C)(OC)OC)(OCC)OCC. The molecule has 0 rings (SSSR count). The summed E-state index contributed by atoms with van der Waals surface area (Å²) in [4.78, 5) is 3.52. The van der Waals surface area contributed by atoms with Crippen LogP contribution in [0.25, 0.3) is 0 Å². The lowest BCUT2D eigenvalue weighted by Gasteiger charge is -2.35. The molecule has 0 aliphatic rings. The van der Waals surface area contributed by atoms with Crippen molar-refractivity contribution in [2.75, 3.05) is 34.0 Å². The predicted octanol–water partition coefficient (Wildman–Crippen LogP) is 2.01. The molecule has 134 valence electrons. The highest BCUT2D eigenvalue weighted by atomic mass is 28.4. The highest BCUT2D eigenvalue weighted by Gasteiger charge is 2.44. The molecule has 0 aliphatic carbocycles. The summed E-state index contributed by atoms with van der Waals surface area (Å²) in [7, 11) is -1.14. The van der Waals surface area contributed by atoms with Crippen LogP contribution >= 0.6 is 0 Å². The summed E-state index contributed by atoms with van der Waals surface area (Å²) in [6.45, 7) is 10.2. The number of hydrogen-bond acceptors (Lipinski definition) is 6. The molecule has 0 aromatic heterocycles. The third-order valence-corrected chi connectivity index (χ3v) is 10.3. The Morgan fingerprint density at radius 3 is 2.00 bits per heavy atom. The Morgan fingerprint density at radius 1 is 1.05 bits per heavy atom. The second-order valence-corrected chi connectivity index (χ2v) is 12.1. The molecule has 0 aromatic rings. The van der Waals surface area contributed by atoms with E-state index in [4.69, 9.17) is 23.4 Å². The minimum atomic E-state index is -2.58. The molecule has 0 heterocycles. The summed E-state index contributed by atoms with van der Waals surface area (Å²) >= 11 is 0. The van der Waals surface area contributed by atoms with E-state index in [1.807, 2.05) is 13.8 Å². The number of rotatable bonds is 14. The molecule has 0 saturated carbocycles. The zero-order valence-electron chi connectivity index (χ0n) is 15.2. The van der Waals surface area contributed by atoms with Gasteiger partial charge in [-0.25, -0.2) is 0 Å². The van der Waals surface area contributed by atoms with Crippen molar-refractivity contribution in [2.24, 2.45) is 5.73 Å². The minimum Gasteiger partial charge on any atom is -0.398 e. The molecule has 1 unspecified atom stereocenters. The maximum Gasteiger partial charge on any atom is 0.442 e. The van der Waals surface area contributed by atoms with Gasteiger partial charge < -0.3 is 23.4 Å². The van der Waals surface area contributed by atoms with Gasteiger partial charge in [-0.15, -0.1) is 0 Å². The maximum atomic E-state index is 6.36. The molecule has 0 amide bonds. The van der Waals surface area contributed by atoms with Gasteiger partial charge >= 0.3 is 17.3 Å². The van der Waals surface area contributed by atoms with Crippen molar-refractivity contribution in [2.45, 2.75) is 58.3 Å². The molecule has 8 heteroatoms. The Balaban J connectivity index is 4.63. The summed E-state index contributed by atoms with van der Waals surface area (Å²) in [5.74, 6) is 0. The van der Waals surface area contributed by atoms with Gasteiger partial charge in [-0.1, -0.05) is 13.3 Å². The Labute approximate surface area is 138 Å². The molecular weight excluding hydrogens is 316 g/mol.